The summed E-state index contributed by atoms with van der Waals surface area (Å²) in [5, 5.41) is 12.0. The number of hydrogen-bond donors (Lipinski definition) is 1. The van der Waals surface area contributed by atoms with Gasteiger partial charge in [0, 0.05) is 22.5 Å². The van der Waals surface area contributed by atoms with Crippen LogP contribution in [0, 0.1) is 0 Å². The number of hydrogen-bond acceptors (Lipinski definition) is 2. The number of halogens is 1. The number of aliphatic hydroxyl groups is 1. The third-order valence-electron chi connectivity index (χ3n) is 3.72. The molecule has 0 spiro atoms. The van der Waals surface area contributed by atoms with E-state index >= 15 is 0 Å². The number of benzene rings is 2. The van der Waals surface area contributed by atoms with Gasteiger partial charge in [-0.05, 0) is 42.3 Å². The summed E-state index contributed by atoms with van der Waals surface area (Å²) in [5.41, 5.74) is 2.04. The van der Waals surface area contributed by atoms with Crippen molar-refractivity contribution in [2.45, 2.75) is 18.9 Å². The molecule has 2 nitrogen and oxygen atoms in total. The average molecular weight is 342 g/mol. The second-order valence-electron chi connectivity index (χ2n) is 5.45. The van der Waals surface area contributed by atoms with Gasteiger partial charge in [-0.1, -0.05) is 46.3 Å². The van der Waals surface area contributed by atoms with Crippen LogP contribution in [0.25, 0.3) is 10.9 Å². The molecule has 0 bridgehead atoms. The summed E-state index contributed by atoms with van der Waals surface area (Å²) in [6.45, 7) is 1.85. The van der Waals surface area contributed by atoms with Gasteiger partial charge in [0.1, 0.15) is 0 Å². The molecule has 0 saturated heterocycles. The summed E-state index contributed by atoms with van der Waals surface area (Å²) in [6, 6.07) is 17.8. The summed E-state index contributed by atoms with van der Waals surface area (Å²) in [5.74, 6) is 0. The fraction of sp³-hybridized carbons (Fsp3) is 0.167. The molecule has 1 aromatic heterocycles. The van der Waals surface area contributed by atoms with Crippen molar-refractivity contribution >= 4 is 26.8 Å². The van der Waals surface area contributed by atoms with Gasteiger partial charge in [-0.25, -0.2) is 0 Å². The number of pyridine rings is 1. The second kappa shape index (κ2) is 5.58. The lowest BCUT2D eigenvalue weighted by atomic mass is 9.88. The quantitative estimate of drug-likeness (QED) is 0.763. The molecule has 0 saturated carbocycles. The minimum atomic E-state index is -0.923. The molecule has 106 valence electrons. The molecule has 1 atom stereocenters. The Balaban J connectivity index is 2.01. The van der Waals surface area contributed by atoms with E-state index in [0.29, 0.717) is 6.42 Å². The summed E-state index contributed by atoms with van der Waals surface area (Å²) >= 11 is 3.46. The smallest absolute Gasteiger partial charge is 0.0909 e. The Morgan fingerprint density at radius 3 is 2.71 bits per heavy atom. The lowest BCUT2D eigenvalue weighted by Gasteiger charge is -2.25. The van der Waals surface area contributed by atoms with Crippen LogP contribution >= 0.6 is 15.9 Å². The van der Waals surface area contributed by atoms with E-state index in [1.165, 1.54) is 0 Å². The largest absolute Gasteiger partial charge is 0.385 e. The Morgan fingerprint density at radius 1 is 1.10 bits per heavy atom. The zero-order chi connectivity index (χ0) is 14.9. The molecule has 1 N–H and O–H groups in total. The van der Waals surface area contributed by atoms with E-state index < -0.39 is 5.60 Å². The Kier molecular flexibility index (Phi) is 3.79. The standard InChI is InChI=1S/C18H16BrNO/c1-18(21,14-5-4-6-15(19)11-14)12-13-9-10-20-17-8-3-2-7-16(13)17/h2-11,21H,12H2,1H3. The molecule has 0 aliphatic rings. The molecule has 3 heteroatoms. The normalized spacial score (nSPS) is 14.0. The van der Waals surface area contributed by atoms with Crippen LogP contribution in [0.4, 0.5) is 0 Å². The molecule has 2 aromatic carbocycles. The first-order chi connectivity index (χ1) is 10.1. The Morgan fingerprint density at radius 2 is 1.90 bits per heavy atom. The van der Waals surface area contributed by atoms with Crippen molar-refractivity contribution < 1.29 is 5.11 Å². The highest BCUT2D eigenvalue weighted by atomic mass is 79.9. The van der Waals surface area contributed by atoms with E-state index in [1.54, 1.807) is 6.20 Å². The summed E-state index contributed by atoms with van der Waals surface area (Å²) in [7, 11) is 0. The van der Waals surface area contributed by atoms with Crippen LogP contribution in [0.3, 0.4) is 0 Å². The maximum atomic E-state index is 10.9. The van der Waals surface area contributed by atoms with E-state index in [1.807, 2.05) is 55.5 Å². The van der Waals surface area contributed by atoms with Crippen molar-refractivity contribution in [3.05, 3.63) is 76.4 Å². The minimum Gasteiger partial charge on any atom is -0.385 e. The fourth-order valence-electron chi connectivity index (χ4n) is 2.61. The van der Waals surface area contributed by atoms with Crippen molar-refractivity contribution in [3.63, 3.8) is 0 Å². The molecule has 21 heavy (non-hydrogen) atoms. The van der Waals surface area contributed by atoms with Gasteiger partial charge in [-0.3, -0.25) is 4.98 Å². The maximum Gasteiger partial charge on any atom is 0.0909 e. The number of nitrogens with zero attached hydrogens (tertiary/aromatic N) is 1. The first-order valence-electron chi connectivity index (χ1n) is 6.87. The highest BCUT2D eigenvalue weighted by Gasteiger charge is 2.24. The monoisotopic (exact) mass is 341 g/mol. The van der Waals surface area contributed by atoms with E-state index in [4.69, 9.17) is 0 Å². The molecule has 1 heterocycles. The number of aromatic nitrogens is 1. The van der Waals surface area contributed by atoms with E-state index in [0.717, 1.165) is 26.5 Å². The van der Waals surface area contributed by atoms with Gasteiger partial charge in [-0.15, -0.1) is 0 Å². The molecule has 0 radical (unpaired) electrons. The third-order valence-corrected chi connectivity index (χ3v) is 4.21. The highest BCUT2D eigenvalue weighted by Crippen LogP contribution is 2.29. The molecule has 0 fully saturated rings. The molecule has 0 amide bonds. The Bertz CT molecular complexity index is 778. The Hall–Kier alpha value is -1.71. The molecule has 0 aliphatic heterocycles. The van der Waals surface area contributed by atoms with Crippen molar-refractivity contribution in [3.8, 4) is 0 Å². The fourth-order valence-corrected chi connectivity index (χ4v) is 3.00. The maximum absolute atomic E-state index is 10.9. The Labute approximate surface area is 132 Å². The van der Waals surface area contributed by atoms with Crippen LogP contribution < -0.4 is 0 Å². The lowest BCUT2D eigenvalue weighted by molar-refractivity contribution is 0.0579. The minimum absolute atomic E-state index is 0.548. The second-order valence-corrected chi connectivity index (χ2v) is 6.36. The van der Waals surface area contributed by atoms with Crippen LogP contribution in [0.15, 0.2) is 65.3 Å². The third kappa shape index (κ3) is 2.99. The van der Waals surface area contributed by atoms with Gasteiger partial charge in [0.2, 0.25) is 0 Å². The number of rotatable bonds is 3. The lowest BCUT2D eigenvalue weighted by Crippen LogP contribution is -2.24. The zero-order valence-electron chi connectivity index (χ0n) is 11.8. The summed E-state index contributed by atoms with van der Waals surface area (Å²) in [6.07, 6.45) is 2.35. The van der Waals surface area contributed by atoms with Crippen molar-refractivity contribution in [1.82, 2.24) is 4.98 Å². The van der Waals surface area contributed by atoms with E-state index in [-0.39, 0.29) is 0 Å². The molecule has 0 aliphatic carbocycles. The van der Waals surface area contributed by atoms with Crippen LogP contribution in [-0.2, 0) is 12.0 Å². The summed E-state index contributed by atoms with van der Waals surface area (Å²) in [4.78, 5) is 4.37. The predicted octanol–water partition coefficient (Wildman–Crippen LogP) is 4.45. The van der Waals surface area contributed by atoms with E-state index in [2.05, 4.69) is 27.0 Å². The average Bonchev–Trinajstić information content (AvgIpc) is 2.47. The molecular formula is C18H16BrNO. The van der Waals surface area contributed by atoms with Crippen LogP contribution in [0.5, 0.6) is 0 Å². The first kappa shape index (κ1) is 14.2. The van der Waals surface area contributed by atoms with Crippen molar-refractivity contribution in [2.24, 2.45) is 0 Å². The predicted molar refractivity (Wildman–Crippen MR) is 89.2 cm³/mol. The van der Waals surface area contributed by atoms with Gasteiger partial charge in [0.05, 0.1) is 11.1 Å². The van der Waals surface area contributed by atoms with E-state index in [9.17, 15) is 5.11 Å². The molecular weight excluding hydrogens is 326 g/mol. The zero-order valence-corrected chi connectivity index (χ0v) is 13.3. The SMILES string of the molecule is CC(O)(Cc1ccnc2ccccc12)c1cccc(Br)c1. The molecule has 3 aromatic rings. The first-order valence-corrected chi connectivity index (χ1v) is 7.67. The van der Waals surface area contributed by atoms with Crippen LogP contribution in [0.1, 0.15) is 18.1 Å². The van der Waals surface area contributed by atoms with Gasteiger partial charge in [0.15, 0.2) is 0 Å². The topological polar surface area (TPSA) is 33.1 Å². The van der Waals surface area contributed by atoms with Crippen LogP contribution in [0.2, 0.25) is 0 Å². The van der Waals surface area contributed by atoms with Gasteiger partial charge >= 0.3 is 0 Å². The summed E-state index contributed by atoms with van der Waals surface area (Å²) < 4.78 is 0.972. The van der Waals surface area contributed by atoms with Crippen molar-refractivity contribution in [1.29, 1.82) is 0 Å². The highest BCUT2D eigenvalue weighted by molar-refractivity contribution is 9.10. The van der Waals surface area contributed by atoms with Gasteiger partial charge in [0.25, 0.3) is 0 Å². The number of fused-ring (bicyclic) bond motifs is 1. The molecule has 3 rings (SSSR count). The van der Waals surface area contributed by atoms with Crippen LogP contribution in [-0.4, -0.2) is 10.1 Å². The number of para-hydroxylation sites is 1. The van der Waals surface area contributed by atoms with Crippen molar-refractivity contribution in [2.75, 3.05) is 0 Å². The van der Waals surface area contributed by atoms with Gasteiger partial charge in [-0.2, -0.15) is 0 Å². The molecule has 1 unspecified atom stereocenters. The van der Waals surface area contributed by atoms with Gasteiger partial charge < -0.3 is 5.11 Å².